The van der Waals surface area contributed by atoms with E-state index in [1.54, 1.807) is 0 Å². The predicted octanol–water partition coefficient (Wildman–Crippen LogP) is 7.21. The second kappa shape index (κ2) is 13.7. The summed E-state index contributed by atoms with van der Waals surface area (Å²) in [5.74, 6) is 2.74. The maximum atomic E-state index is 13.4. The molecule has 0 amide bonds. The molecule has 3 nitrogen and oxygen atoms in total. The Morgan fingerprint density at radius 2 is 1.41 bits per heavy atom. The number of rotatable bonds is 11. The number of hydrogen-bond acceptors (Lipinski definition) is 3. The van der Waals surface area contributed by atoms with Crippen LogP contribution in [0.15, 0.2) is 30.3 Å². The number of carbonyl (C=O) groups excluding carboxylic acids is 1. The van der Waals surface area contributed by atoms with Crippen LogP contribution < -0.4 is 14.8 Å². The molecule has 0 aliphatic carbocycles. The van der Waals surface area contributed by atoms with Crippen LogP contribution in [0.2, 0.25) is 0 Å². The average molecular weight is 478 g/mol. The monoisotopic (exact) mass is 477 g/mol. The van der Waals surface area contributed by atoms with Crippen molar-refractivity contribution in [1.29, 1.82) is 0 Å². The third-order valence-corrected chi connectivity index (χ3v) is 6.90. The van der Waals surface area contributed by atoms with E-state index in [4.69, 9.17) is 9.47 Å². The van der Waals surface area contributed by atoms with Crippen molar-refractivity contribution in [2.24, 2.45) is 11.8 Å². The molecule has 0 bridgehead atoms. The minimum absolute atomic E-state index is 0. The van der Waals surface area contributed by atoms with Gasteiger partial charge in [-0.15, -0.1) is 0 Å². The zero-order chi connectivity index (χ0) is 24.8. The fourth-order valence-electron chi connectivity index (χ4n) is 3.57. The van der Waals surface area contributed by atoms with Crippen LogP contribution in [0.4, 0.5) is 0 Å². The van der Waals surface area contributed by atoms with E-state index < -0.39 is 0 Å². The van der Waals surface area contributed by atoms with Gasteiger partial charge in [-0.2, -0.15) is 0 Å². The molecule has 0 spiro atoms. The molecular weight excluding hydrogens is 434 g/mol. The Morgan fingerprint density at radius 1 is 0.882 bits per heavy atom. The van der Waals surface area contributed by atoms with Crippen LogP contribution in [0, 0.1) is 25.7 Å². The summed E-state index contributed by atoms with van der Waals surface area (Å²) in [7, 11) is 0.0118. The molecule has 0 fully saturated rings. The first-order chi connectivity index (χ1) is 15.4. The Bertz CT molecular complexity index is 922. The number of carbonyl (C=O) groups is 1. The third kappa shape index (κ3) is 9.41. The van der Waals surface area contributed by atoms with Crippen LogP contribution in [0.5, 0.6) is 11.5 Å². The number of ether oxygens (including phenoxy) is 2. The second-order valence-electron chi connectivity index (χ2n) is 10.9. The molecule has 2 rings (SSSR count). The number of aryl methyl sites for hydroxylation is 2. The minimum atomic E-state index is 0. The van der Waals surface area contributed by atoms with E-state index in [2.05, 4.69) is 60.6 Å². The molecule has 0 aliphatic rings. The fourth-order valence-corrected chi connectivity index (χ4v) is 4.77. The molecule has 34 heavy (non-hydrogen) atoms. The smallest absolute Gasteiger partial charge is 0.186 e. The molecule has 2 aromatic carbocycles. The average Bonchev–Trinajstić information content (AvgIpc) is 2.68. The van der Waals surface area contributed by atoms with Crippen LogP contribution in [0.3, 0.4) is 0 Å². The van der Waals surface area contributed by atoms with Crippen LogP contribution in [-0.4, -0.2) is 37.6 Å². The first kappa shape index (κ1) is 30.8. The summed E-state index contributed by atoms with van der Waals surface area (Å²) in [5.41, 5.74) is 4.42. The molecule has 0 saturated carbocycles. The molecule has 1 atom stereocenters. The van der Waals surface area contributed by atoms with Gasteiger partial charge in [0.25, 0.3) is 0 Å². The van der Waals surface area contributed by atoms with Crippen LogP contribution >= 0.6 is 8.58 Å². The molecule has 1 radical (unpaired) electrons. The Labute approximate surface area is 221 Å². The van der Waals surface area contributed by atoms with Gasteiger partial charge in [0.15, 0.2) is 5.52 Å². The van der Waals surface area contributed by atoms with Gasteiger partial charge >= 0.3 is 0 Å². The van der Waals surface area contributed by atoms with Gasteiger partial charge in [-0.3, -0.25) is 4.79 Å². The molecule has 0 aromatic heterocycles. The SMILES string of the molecule is Cc1cc(C(C)(C)C)cc(C)c1C(=O)Pc1ccc(OCCC(C)C)cc1OCCC(C)C.[Li]. The molecule has 5 heteroatoms. The van der Waals surface area contributed by atoms with Gasteiger partial charge < -0.3 is 9.47 Å². The van der Waals surface area contributed by atoms with Crippen molar-refractivity contribution >= 4 is 38.3 Å². The maximum absolute atomic E-state index is 13.4. The topological polar surface area (TPSA) is 35.5 Å². The Hall–Kier alpha value is -1.26. The molecule has 2 aromatic rings. The fraction of sp³-hybridized carbons (Fsp3) is 0.552. The summed E-state index contributed by atoms with van der Waals surface area (Å²) in [6, 6.07) is 10.2. The summed E-state index contributed by atoms with van der Waals surface area (Å²) >= 11 is 0. The molecule has 1 unspecified atom stereocenters. The predicted molar refractivity (Wildman–Crippen MR) is 149 cm³/mol. The first-order valence-corrected chi connectivity index (χ1v) is 13.2. The molecule has 183 valence electrons. The van der Waals surface area contributed by atoms with E-state index in [0.29, 0.717) is 25.0 Å². The standard InChI is InChI=1S/C29H43O3P.Li/c1-19(2)12-14-31-24-10-11-26(25(18-24)32-15-13-20(3)4)33-28(30)27-21(5)16-23(17-22(27)6)29(7,8)9;/h10-11,16-20,33H,12-15H2,1-9H3;. The van der Waals surface area contributed by atoms with E-state index in [9.17, 15) is 4.79 Å². The van der Waals surface area contributed by atoms with Crippen molar-refractivity contribution in [3.8, 4) is 11.5 Å². The summed E-state index contributed by atoms with van der Waals surface area (Å²) in [6.45, 7) is 20.8. The molecule has 0 aliphatic heterocycles. The minimum Gasteiger partial charge on any atom is -0.493 e. The summed E-state index contributed by atoms with van der Waals surface area (Å²) in [5, 5.41) is 0.943. The first-order valence-electron chi connectivity index (χ1n) is 12.2. The third-order valence-electron chi connectivity index (χ3n) is 5.74. The van der Waals surface area contributed by atoms with Gasteiger partial charge in [-0.1, -0.05) is 60.6 Å². The Kier molecular flexibility index (Phi) is 12.4. The van der Waals surface area contributed by atoms with Gasteiger partial charge in [-0.25, -0.2) is 0 Å². The van der Waals surface area contributed by atoms with E-state index in [0.717, 1.165) is 46.3 Å². The van der Waals surface area contributed by atoms with Gasteiger partial charge in [0.2, 0.25) is 0 Å². The second-order valence-corrected chi connectivity index (χ2v) is 12.2. The zero-order valence-electron chi connectivity index (χ0n) is 23.1. The molecule has 0 heterocycles. The molecule has 0 saturated heterocycles. The van der Waals surface area contributed by atoms with Gasteiger partial charge in [0, 0.05) is 35.8 Å². The van der Waals surface area contributed by atoms with Crippen LogP contribution in [0.1, 0.15) is 88.4 Å². The quantitative estimate of drug-likeness (QED) is 0.253. The van der Waals surface area contributed by atoms with Crippen molar-refractivity contribution in [3.63, 3.8) is 0 Å². The maximum Gasteiger partial charge on any atom is 0.186 e. The normalized spacial score (nSPS) is 11.9. The van der Waals surface area contributed by atoms with E-state index in [1.165, 1.54) is 5.56 Å². The largest absolute Gasteiger partial charge is 0.493 e. The van der Waals surface area contributed by atoms with Crippen molar-refractivity contribution in [1.82, 2.24) is 0 Å². The van der Waals surface area contributed by atoms with Crippen LogP contribution in [0.25, 0.3) is 0 Å². The summed E-state index contributed by atoms with van der Waals surface area (Å²) in [6.07, 6.45) is 1.98. The summed E-state index contributed by atoms with van der Waals surface area (Å²) < 4.78 is 12.1. The van der Waals surface area contributed by atoms with Crippen molar-refractivity contribution in [3.05, 3.63) is 52.6 Å². The molecular formula is C29H43LiO3P. The van der Waals surface area contributed by atoms with E-state index in [-0.39, 0.29) is 38.4 Å². The van der Waals surface area contributed by atoms with Crippen molar-refractivity contribution in [2.75, 3.05) is 13.2 Å². The van der Waals surface area contributed by atoms with Crippen molar-refractivity contribution < 1.29 is 14.3 Å². The van der Waals surface area contributed by atoms with Crippen LogP contribution in [-0.2, 0) is 5.41 Å². The van der Waals surface area contributed by atoms with Gasteiger partial charge in [-0.05, 0) is 81.3 Å². The van der Waals surface area contributed by atoms with E-state index >= 15 is 0 Å². The Morgan fingerprint density at radius 3 is 1.91 bits per heavy atom. The molecule has 0 N–H and O–H groups in total. The Balaban J connectivity index is 0.00000578. The van der Waals surface area contributed by atoms with Gasteiger partial charge in [0.05, 0.1) is 13.2 Å². The van der Waals surface area contributed by atoms with Gasteiger partial charge in [0.1, 0.15) is 11.5 Å². The van der Waals surface area contributed by atoms with E-state index in [1.807, 2.05) is 32.0 Å². The van der Waals surface area contributed by atoms with Crippen molar-refractivity contribution in [2.45, 2.75) is 80.6 Å². The zero-order valence-corrected chi connectivity index (χ0v) is 24.1. The number of benzene rings is 2. The summed E-state index contributed by atoms with van der Waals surface area (Å²) in [4.78, 5) is 13.4. The number of hydrogen-bond donors (Lipinski definition) is 0.